The zero-order valence-corrected chi connectivity index (χ0v) is 14.4. The number of allylic oxidation sites excluding steroid dienone is 3. The summed E-state index contributed by atoms with van der Waals surface area (Å²) in [6.07, 6.45) is 13.7. The molecule has 2 atom stereocenters. The number of hydrogen-bond acceptors (Lipinski definition) is 3. The van der Waals surface area contributed by atoms with Crippen molar-refractivity contribution in [1.82, 2.24) is 15.6 Å². The Kier molecular flexibility index (Phi) is 5.81. The Hall–Kier alpha value is -1.94. The molecule has 1 aromatic rings. The molecule has 24 heavy (non-hydrogen) atoms. The van der Waals surface area contributed by atoms with E-state index >= 15 is 0 Å². The SMILES string of the molecule is CCCc1ccc(C(=O)NC2=CCC([C@@H]3CCCNC3)C=C2)cn1. The average molecular weight is 325 g/mol. The molecule has 128 valence electrons. The molecule has 4 nitrogen and oxygen atoms in total. The number of nitrogens with zero attached hydrogens (tertiary/aromatic N) is 1. The number of nitrogens with one attached hydrogen (secondary N) is 2. The number of carbonyl (C=O) groups excluding carboxylic acids is 1. The summed E-state index contributed by atoms with van der Waals surface area (Å²) in [4.78, 5) is 16.7. The minimum Gasteiger partial charge on any atom is -0.322 e. The third-order valence-electron chi connectivity index (χ3n) is 4.92. The van der Waals surface area contributed by atoms with Gasteiger partial charge in [0.15, 0.2) is 0 Å². The largest absolute Gasteiger partial charge is 0.322 e. The summed E-state index contributed by atoms with van der Waals surface area (Å²) < 4.78 is 0. The van der Waals surface area contributed by atoms with E-state index in [1.807, 2.05) is 12.1 Å². The lowest BCUT2D eigenvalue weighted by molar-refractivity contribution is 0.0966. The van der Waals surface area contributed by atoms with E-state index in [-0.39, 0.29) is 5.91 Å². The molecule has 2 aliphatic rings. The van der Waals surface area contributed by atoms with Gasteiger partial charge < -0.3 is 10.6 Å². The summed E-state index contributed by atoms with van der Waals surface area (Å²) in [5.74, 6) is 1.23. The van der Waals surface area contributed by atoms with Crippen LogP contribution in [0.4, 0.5) is 0 Å². The number of pyridine rings is 1. The zero-order chi connectivity index (χ0) is 16.8. The standard InChI is InChI=1S/C20H27N3O/c1-2-4-18-9-8-17(14-22-18)20(24)23-19-10-6-15(7-11-19)16-5-3-12-21-13-16/h6,8-11,14-16,21H,2-5,7,12-13H2,1H3,(H,23,24)/t15?,16-/m1/s1. The first-order valence-corrected chi connectivity index (χ1v) is 9.11. The van der Waals surface area contributed by atoms with Crippen LogP contribution in [-0.4, -0.2) is 24.0 Å². The molecule has 0 radical (unpaired) electrons. The number of piperidine rings is 1. The van der Waals surface area contributed by atoms with Gasteiger partial charge in [-0.05, 0) is 68.8 Å². The number of carbonyl (C=O) groups is 1. The first-order chi connectivity index (χ1) is 11.8. The first-order valence-electron chi connectivity index (χ1n) is 9.11. The molecule has 2 heterocycles. The number of hydrogen-bond donors (Lipinski definition) is 2. The summed E-state index contributed by atoms with van der Waals surface area (Å²) in [6.45, 7) is 4.39. The number of aromatic nitrogens is 1. The number of rotatable bonds is 5. The predicted octanol–water partition coefficient (Wildman–Crippen LogP) is 3.22. The lowest BCUT2D eigenvalue weighted by Crippen LogP contribution is -2.34. The van der Waals surface area contributed by atoms with Gasteiger partial charge in [-0.1, -0.05) is 25.5 Å². The Morgan fingerprint density at radius 2 is 2.33 bits per heavy atom. The van der Waals surface area contributed by atoms with Gasteiger partial charge in [0.2, 0.25) is 0 Å². The Bertz CT molecular complexity index is 612. The van der Waals surface area contributed by atoms with Gasteiger partial charge in [0.25, 0.3) is 5.91 Å². The van der Waals surface area contributed by atoms with Gasteiger partial charge in [0.1, 0.15) is 0 Å². The molecule has 0 bridgehead atoms. The fourth-order valence-electron chi connectivity index (χ4n) is 3.49. The molecule has 1 saturated heterocycles. The van der Waals surface area contributed by atoms with Gasteiger partial charge in [-0.15, -0.1) is 0 Å². The molecule has 2 N–H and O–H groups in total. The smallest absolute Gasteiger partial charge is 0.257 e. The molecule has 1 unspecified atom stereocenters. The third kappa shape index (κ3) is 4.32. The second-order valence-electron chi connectivity index (χ2n) is 6.77. The minimum absolute atomic E-state index is 0.0840. The monoisotopic (exact) mass is 325 g/mol. The van der Waals surface area contributed by atoms with Gasteiger partial charge in [-0.3, -0.25) is 9.78 Å². The average Bonchev–Trinajstić information content (AvgIpc) is 2.64. The maximum atomic E-state index is 12.3. The van der Waals surface area contributed by atoms with Crippen LogP contribution in [0.1, 0.15) is 48.7 Å². The molecule has 1 fully saturated rings. The molecule has 3 rings (SSSR count). The van der Waals surface area contributed by atoms with E-state index < -0.39 is 0 Å². The highest BCUT2D eigenvalue weighted by Gasteiger charge is 2.22. The van der Waals surface area contributed by atoms with Crippen LogP contribution < -0.4 is 10.6 Å². The summed E-state index contributed by atoms with van der Waals surface area (Å²) in [7, 11) is 0. The second kappa shape index (κ2) is 8.25. The fraction of sp³-hybridized carbons (Fsp3) is 0.500. The van der Waals surface area contributed by atoms with E-state index in [9.17, 15) is 4.79 Å². The predicted molar refractivity (Wildman–Crippen MR) is 96.6 cm³/mol. The highest BCUT2D eigenvalue weighted by atomic mass is 16.1. The Balaban J connectivity index is 1.53. The summed E-state index contributed by atoms with van der Waals surface area (Å²) in [6, 6.07) is 3.80. The van der Waals surface area contributed by atoms with Gasteiger partial charge in [0, 0.05) is 17.6 Å². The van der Waals surface area contributed by atoms with Crippen molar-refractivity contribution in [2.24, 2.45) is 11.8 Å². The summed E-state index contributed by atoms with van der Waals surface area (Å²) in [5, 5.41) is 6.47. The fourth-order valence-corrected chi connectivity index (χ4v) is 3.49. The quantitative estimate of drug-likeness (QED) is 0.874. The molecular weight excluding hydrogens is 298 g/mol. The van der Waals surface area contributed by atoms with E-state index in [0.29, 0.717) is 11.5 Å². The van der Waals surface area contributed by atoms with Gasteiger partial charge in [-0.25, -0.2) is 0 Å². The van der Waals surface area contributed by atoms with E-state index in [0.717, 1.165) is 49.7 Å². The van der Waals surface area contributed by atoms with Gasteiger partial charge >= 0.3 is 0 Å². The van der Waals surface area contributed by atoms with Crippen LogP contribution in [0.15, 0.2) is 42.3 Å². The molecule has 1 aliphatic carbocycles. The molecule has 1 amide bonds. The molecule has 1 aliphatic heterocycles. The van der Waals surface area contributed by atoms with E-state index in [1.165, 1.54) is 12.8 Å². The highest BCUT2D eigenvalue weighted by Crippen LogP contribution is 2.27. The first kappa shape index (κ1) is 16.9. The number of aryl methyl sites for hydroxylation is 1. The van der Waals surface area contributed by atoms with Crippen LogP contribution in [0, 0.1) is 11.8 Å². The van der Waals surface area contributed by atoms with E-state index in [2.05, 4.69) is 40.8 Å². The van der Waals surface area contributed by atoms with Crippen molar-refractivity contribution in [1.29, 1.82) is 0 Å². The van der Waals surface area contributed by atoms with Crippen molar-refractivity contribution in [3.8, 4) is 0 Å². The van der Waals surface area contributed by atoms with E-state index in [4.69, 9.17) is 0 Å². The Labute approximate surface area is 144 Å². The van der Waals surface area contributed by atoms with E-state index in [1.54, 1.807) is 6.20 Å². The minimum atomic E-state index is -0.0840. The molecule has 0 aromatic carbocycles. The van der Waals surface area contributed by atoms with Crippen LogP contribution in [-0.2, 0) is 6.42 Å². The Morgan fingerprint density at radius 3 is 2.96 bits per heavy atom. The second-order valence-corrected chi connectivity index (χ2v) is 6.77. The van der Waals surface area contributed by atoms with Crippen LogP contribution in [0.3, 0.4) is 0 Å². The van der Waals surface area contributed by atoms with Crippen molar-refractivity contribution < 1.29 is 4.79 Å². The molecule has 4 heteroatoms. The maximum absolute atomic E-state index is 12.3. The van der Waals surface area contributed by atoms with Crippen molar-refractivity contribution in [3.05, 3.63) is 53.5 Å². The summed E-state index contributed by atoms with van der Waals surface area (Å²) in [5.41, 5.74) is 2.55. The highest BCUT2D eigenvalue weighted by molar-refractivity contribution is 5.95. The number of amides is 1. The molecule has 0 spiro atoms. The van der Waals surface area contributed by atoms with Crippen LogP contribution in [0.25, 0.3) is 0 Å². The van der Waals surface area contributed by atoms with Crippen molar-refractivity contribution in [3.63, 3.8) is 0 Å². The molecule has 0 saturated carbocycles. The third-order valence-corrected chi connectivity index (χ3v) is 4.92. The topological polar surface area (TPSA) is 54.0 Å². The van der Waals surface area contributed by atoms with Crippen molar-refractivity contribution in [2.75, 3.05) is 13.1 Å². The lowest BCUT2D eigenvalue weighted by atomic mass is 9.82. The van der Waals surface area contributed by atoms with Crippen LogP contribution in [0.5, 0.6) is 0 Å². The van der Waals surface area contributed by atoms with Crippen molar-refractivity contribution in [2.45, 2.75) is 39.0 Å². The van der Waals surface area contributed by atoms with Crippen LogP contribution in [0.2, 0.25) is 0 Å². The molecular formula is C20H27N3O. The van der Waals surface area contributed by atoms with Gasteiger partial charge in [0.05, 0.1) is 5.56 Å². The summed E-state index contributed by atoms with van der Waals surface area (Å²) >= 11 is 0. The normalized spacial score (nSPS) is 23.6. The molecule has 1 aromatic heterocycles. The maximum Gasteiger partial charge on any atom is 0.257 e. The Morgan fingerprint density at radius 1 is 1.42 bits per heavy atom. The van der Waals surface area contributed by atoms with Crippen molar-refractivity contribution >= 4 is 5.91 Å². The van der Waals surface area contributed by atoms with Crippen LogP contribution >= 0.6 is 0 Å². The van der Waals surface area contributed by atoms with Gasteiger partial charge in [-0.2, -0.15) is 0 Å². The zero-order valence-electron chi connectivity index (χ0n) is 14.4. The lowest BCUT2D eigenvalue weighted by Gasteiger charge is -2.30.